The van der Waals surface area contributed by atoms with E-state index in [2.05, 4.69) is 6.92 Å². The number of hydrogen-bond donors (Lipinski definition) is 2. The first-order chi connectivity index (χ1) is 10.7. The summed E-state index contributed by atoms with van der Waals surface area (Å²) in [5, 5.41) is 22.5. The molecule has 4 aliphatic rings. The molecule has 0 radical (unpaired) electrons. The van der Waals surface area contributed by atoms with Crippen molar-refractivity contribution >= 4 is 11.6 Å². The van der Waals surface area contributed by atoms with Gasteiger partial charge in [0, 0.05) is 24.7 Å². The quantitative estimate of drug-likeness (QED) is 0.718. The standard InChI is InChI=1S/C19H26O4/c1-17-8-7-12(20)9-11(17)3-4-14-13-5-6-15(21)18(13,2)16(22)10-19(14,17)23/h9,13-14,16,22-23H,3-8,10H2,1-2H3. The van der Waals surface area contributed by atoms with Crippen molar-refractivity contribution in [3.05, 3.63) is 11.6 Å². The number of Topliss-reactive ketones (excluding diaryl/α,β-unsaturated/α-hetero) is 1. The predicted molar refractivity (Wildman–Crippen MR) is 84.6 cm³/mol. The van der Waals surface area contributed by atoms with E-state index in [9.17, 15) is 19.8 Å². The summed E-state index contributed by atoms with van der Waals surface area (Å²) in [4.78, 5) is 24.2. The van der Waals surface area contributed by atoms with Gasteiger partial charge in [0.15, 0.2) is 5.78 Å². The summed E-state index contributed by atoms with van der Waals surface area (Å²) in [7, 11) is 0. The molecule has 0 bridgehead atoms. The van der Waals surface area contributed by atoms with Crippen molar-refractivity contribution in [1.29, 1.82) is 0 Å². The molecule has 0 aliphatic heterocycles. The van der Waals surface area contributed by atoms with Crippen LogP contribution in [0.4, 0.5) is 0 Å². The first kappa shape index (κ1) is 15.5. The molecule has 4 aliphatic carbocycles. The SMILES string of the molecule is CC12C(=O)CCC1C1CCC3=CC(=O)CCC3(C)C1(O)CC2O. The molecule has 6 unspecified atom stereocenters. The van der Waals surface area contributed by atoms with Crippen molar-refractivity contribution in [1.82, 2.24) is 0 Å². The highest BCUT2D eigenvalue weighted by molar-refractivity contribution is 5.92. The highest BCUT2D eigenvalue weighted by atomic mass is 16.3. The minimum Gasteiger partial charge on any atom is -0.392 e. The van der Waals surface area contributed by atoms with Crippen LogP contribution < -0.4 is 0 Å². The van der Waals surface area contributed by atoms with Crippen molar-refractivity contribution in [2.45, 2.75) is 70.5 Å². The molecule has 23 heavy (non-hydrogen) atoms. The van der Waals surface area contributed by atoms with E-state index < -0.39 is 22.5 Å². The lowest BCUT2D eigenvalue weighted by molar-refractivity contribution is -0.219. The average Bonchev–Trinajstić information content (AvgIpc) is 2.79. The molecule has 126 valence electrons. The molecule has 0 spiro atoms. The van der Waals surface area contributed by atoms with Crippen LogP contribution >= 0.6 is 0 Å². The molecule has 4 nitrogen and oxygen atoms in total. The van der Waals surface area contributed by atoms with E-state index in [4.69, 9.17) is 0 Å². The van der Waals surface area contributed by atoms with E-state index in [-0.39, 0.29) is 29.8 Å². The van der Waals surface area contributed by atoms with Crippen LogP contribution in [0.5, 0.6) is 0 Å². The van der Waals surface area contributed by atoms with Crippen LogP contribution in [0, 0.1) is 22.7 Å². The first-order valence-corrected chi connectivity index (χ1v) is 8.91. The van der Waals surface area contributed by atoms with E-state index in [1.165, 1.54) is 0 Å². The third-order valence-electron chi connectivity index (χ3n) is 7.94. The highest BCUT2D eigenvalue weighted by Gasteiger charge is 2.68. The fraction of sp³-hybridized carbons (Fsp3) is 0.789. The molecule has 0 heterocycles. The number of aliphatic hydroxyl groups excluding tert-OH is 1. The molecule has 4 rings (SSSR count). The van der Waals surface area contributed by atoms with Gasteiger partial charge in [0.2, 0.25) is 0 Å². The minimum absolute atomic E-state index is 0.0395. The molecule has 0 amide bonds. The lowest BCUT2D eigenvalue weighted by atomic mass is 9.44. The van der Waals surface area contributed by atoms with Gasteiger partial charge in [0.05, 0.1) is 17.1 Å². The van der Waals surface area contributed by atoms with Gasteiger partial charge in [-0.2, -0.15) is 0 Å². The van der Waals surface area contributed by atoms with Gasteiger partial charge in [0.25, 0.3) is 0 Å². The van der Waals surface area contributed by atoms with Crippen molar-refractivity contribution in [3.8, 4) is 0 Å². The normalized spacial score (nSPS) is 52.5. The number of aliphatic hydroxyl groups is 2. The van der Waals surface area contributed by atoms with Crippen molar-refractivity contribution in [2.24, 2.45) is 22.7 Å². The molecular weight excluding hydrogens is 292 g/mol. The van der Waals surface area contributed by atoms with Gasteiger partial charge >= 0.3 is 0 Å². The Morgan fingerprint density at radius 2 is 1.78 bits per heavy atom. The molecule has 2 N–H and O–H groups in total. The predicted octanol–water partition coefficient (Wildman–Crippen LogP) is 2.17. The monoisotopic (exact) mass is 318 g/mol. The third kappa shape index (κ3) is 1.69. The van der Waals surface area contributed by atoms with E-state index >= 15 is 0 Å². The molecule has 0 aromatic heterocycles. The second-order valence-electron chi connectivity index (χ2n) is 8.61. The van der Waals surface area contributed by atoms with Gasteiger partial charge in [-0.05, 0) is 50.5 Å². The topological polar surface area (TPSA) is 74.6 Å². The maximum absolute atomic E-state index is 12.4. The lowest BCUT2D eigenvalue weighted by Crippen LogP contribution is -2.67. The van der Waals surface area contributed by atoms with Gasteiger partial charge < -0.3 is 10.2 Å². The summed E-state index contributed by atoms with van der Waals surface area (Å²) >= 11 is 0. The first-order valence-electron chi connectivity index (χ1n) is 8.91. The number of fused-ring (bicyclic) bond motifs is 5. The van der Waals surface area contributed by atoms with Crippen LogP contribution in [0.3, 0.4) is 0 Å². The summed E-state index contributed by atoms with van der Waals surface area (Å²) in [5.41, 5.74) is -1.10. The Morgan fingerprint density at radius 1 is 1.09 bits per heavy atom. The van der Waals surface area contributed by atoms with Crippen LogP contribution in [0.2, 0.25) is 0 Å². The van der Waals surface area contributed by atoms with Crippen LogP contribution in [-0.2, 0) is 9.59 Å². The third-order valence-corrected chi connectivity index (χ3v) is 7.94. The number of ketones is 2. The minimum atomic E-state index is -1.01. The number of carbonyl (C=O) groups excluding carboxylic acids is 2. The Balaban J connectivity index is 1.81. The smallest absolute Gasteiger partial charge is 0.155 e. The van der Waals surface area contributed by atoms with E-state index in [1.807, 2.05) is 6.92 Å². The maximum Gasteiger partial charge on any atom is 0.155 e. The Hall–Kier alpha value is -1.00. The van der Waals surface area contributed by atoms with Crippen molar-refractivity contribution in [3.63, 3.8) is 0 Å². The molecule has 6 atom stereocenters. The molecule has 3 saturated carbocycles. The van der Waals surface area contributed by atoms with Crippen molar-refractivity contribution in [2.75, 3.05) is 0 Å². The van der Waals surface area contributed by atoms with E-state index in [0.29, 0.717) is 19.3 Å². The largest absolute Gasteiger partial charge is 0.392 e. The molecule has 0 saturated heterocycles. The summed E-state index contributed by atoms with van der Waals surface area (Å²) < 4.78 is 0. The van der Waals surface area contributed by atoms with Crippen LogP contribution in [0.25, 0.3) is 0 Å². The molecular formula is C19H26O4. The zero-order valence-electron chi connectivity index (χ0n) is 14.0. The zero-order valence-corrected chi connectivity index (χ0v) is 14.0. The van der Waals surface area contributed by atoms with Crippen LogP contribution in [0.15, 0.2) is 11.6 Å². The molecule has 4 heteroatoms. The summed E-state index contributed by atoms with van der Waals surface area (Å²) in [6.07, 6.45) is 5.22. The van der Waals surface area contributed by atoms with E-state index in [1.54, 1.807) is 6.08 Å². The van der Waals surface area contributed by atoms with Gasteiger partial charge in [-0.25, -0.2) is 0 Å². The number of hydrogen-bond acceptors (Lipinski definition) is 4. The fourth-order valence-electron chi connectivity index (χ4n) is 6.29. The molecule has 0 aromatic carbocycles. The number of carbonyl (C=O) groups is 2. The zero-order chi connectivity index (χ0) is 16.6. The summed E-state index contributed by atoms with van der Waals surface area (Å²) in [5.74, 6) is 0.400. The second-order valence-corrected chi connectivity index (χ2v) is 8.61. The fourth-order valence-corrected chi connectivity index (χ4v) is 6.29. The highest BCUT2D eigenvalue weighted by Crippen LogP contribution is 2.66. The Kier molecular flexibility index (Phi) is 3.07. The van der Waals surface area contributed by atoms with Gasteiger partial charge in [-0.1, -0.05) is 12.5 Å². The molecule has 3 fully saturated rings. The molecule has 0 aromatic rings. The Bertz CT molecular complexity index is 623. The Morgan fingerprint density at radius 3 is 2.52 bits per heavy atom. The van der Waals surface area contributed by atoms with Gasteiger partial charge in [-0.15, -0.1) is 0 Å². The Labute approximate surface area is 137 Å². The summed E-state index contributed by atoms with van der Waals surface area (Å²) in [6.45, 7) is 3.96. The summed E-state index contributed by atoms with van der Waals surface area (Å²) in [6, 6.07) is 0. The van der Waals surface area contributed by atoms with Gasteiger partial charge in [-0.3, -0.25) is 9.59 Å². The average molecular weight is 318 g/mol. The number of rotatable bonds is 0. The van der Waals surface area contributed by atoms with Gasteiger partial charge in [0.1, 0.15) is 5.78 Å². The van der Waals surface area contributed by atoms with Crippen LogP contribution in [-0.4, -0.2) is 33.5 Å². The van der Waals surface area contributed by atoms with Crippen molar-refractivity contribution < 1.29 is 19.8 Å². The lowest BCUT2D eigenvalue weighted by Gasteiger charge is -2.63. The maximum atomic E-state index is 12.4. The van der Waals surface area contributed by atoms with Crippen LogP contribution in [0.1, 0.15) is 58.8 Å². The van der Waals surface area contributed by atoms with E-state index in [0.717, 1.165) is 24.8 Å². The second kappa shape index (κ2) is 4.54.